The number of para-hydroxylation sites is 2. The molecule has 1 atom stereocenters. The molecule has 2 aromatic carbocycles. The summed E-state index contributed by atoms with van der Waals surface area (Å²) >= 11 is 0. The second-order valence-electron chi connectivity index (χ2n) is 6.93. The van der Waals surface area contributed by atoms with Crippen molar-refractivity contribution in [2.75, 3.05) is 13.7 Å². The first-order chi connectivity index (χ1) is 15.2. The lowest BCUT2D eigenvalue weighted by atomic mass is 10.2. The standard InChI is InChI=1S/C22H22F3N3O4/c1-4-32-17-10-9-14(11-18(17)31-3)12-26-20(29)13(2)28-16-8-6-5-7-15(16)27-19(21(28)30)22(23,24)25/h5-11,13H,4,12H2,1-3H3,(H,26,29)/t13-/m0/s1. The molecule has 0 saturated carbocycles. The number of ether oxygens (including phenoxy) is 2. The second kappa shape index (κ2) is 9.29. The molecule has 0 bridgehead atoms. The summed E-state index contributed by atoms with van der Waals surface area (Å²) in [6.45, 7) is 3.74. The molecular weight excluding hydrogens is 427 g/mol. The molecular formula is C22H22F3N3O4. The van der Waals surface area contributed by atoms with Crippen molar-refractivity contribution < 1.29 is 27.4 Å². The van der Waals surface area contributed by atoms with E-state index < -0.39 is 29.4 Å². The first kappa shape index (κ1) is 23.1. The van der Waals surface area contributed by atoms with Gasteiger partial charge in [0.05, 0.1) is 24.8 Å². The Morgan fingerprint density at radius 3 is 2.56 bits per heavy atom. The lowest BCUT2D eigenvalue weighted by Gasteiger charge is -2.19. The molecule has 0 radical (unpaired) electrons. The molecule has 0 aliphatic rings. The van der Waals surface area contributed by atoms with Gasteiger partial charge in [0.15, 0.2) is 11.5 Å². The van der Waals surface area contributed by atoms with E-state index in [1.165, 1.54) is 32.2 Å². The van der Waals surface area contributed by atoms with Gasteiger partial charge in [0.2, 0.25) is 11.6 Å². The van der Waals surface area contributed by atoms with Gasteiger partial charge in [-0.1, -0.05) is 18.2 Å². The zero-order valence-electron chi connectivity index (χ0n) is 17.7. The molecule has 0 aliphatic heterocycles. The number of nitrogens with one attached hydrogen (secondary N) is 1. The van der Waals surface area contributed by atoms with Crippen LogP contribution in [0.15, 0.2) is 47.3 Å². The molecule has 10 heteroatoms. The van der Waals surface area contributed by atoms with Gasteiger partial charge in [0, 0.05) is 6.54 Å². The first-order valence-electron chi connectivity index (χ1n) is 9.83. The number of methoxy groups -OCH3 is 1. The number of carbonyl (C=O) groups is 1. The van der Waals surface area contributed by atoms with Crippen molar-refractivity contribution in [2.45, 2.75) is 32.6 Å². The monoisotopic (exact) mass is 449 g/mol. The zero-order valence-corrected chi connectivity index (χ0v) is 17.7. The van der Waals surface area contributed by atoms with Gasteiger partial charge in [0.25, 0.3) is 5.56 Å². The molecule has 3 aromatic rings. The lowest BCUT2D eigenvalue weighted by molar-refractivity contribution is -0.142. The summed E-state index contributed by atoms with van der Waals surface area (Å²) in [7, 11) is 1.49. The van der Waals surface area contributed by atoms with Gasteiger partial charge in [-0.05, 0) is 43.7 Å². The molecule has 7 nitrogen and oxygen atoms in total. The van der Waals surface area contributed by atoms with Crippen LogP contribution >= 0.6 is 0 Å². The van der Waals surface area contributed by atoms with Crippen molar-refractivity contribution in [3.05, 3.63) is 64.1 Å². The Kier molecular flexibility index (Phi) is 6.71. The van der Waals surface area contributed by atoms with Gasteiger partial charge >= 0.3 is 6.18 Å². The Hall–Kier alpha value is -3.56. The van der Waals surface area contributed by atoms with E-state index in [0.717, 1.165) is 4.57 Å². The number of carbonyl (C=O) groups excluding carboxylic acids is 1. The summed E-state index contributed by atoms with van der Waals surface area (Å²) in [5, 5.41) is 2.65. The maximum absolute atomic E-state index is 13.4. The summed E-state index contributed by atoms with van der Waals surface area (Å²) in [6.07, 6.45) is -4.95. The minimum atomic E-state index is -4.95. The number of rotatable bonds is 7. The topological polar surface area (TPSA) is 82.5 Å². The molecule has 0 spiro atoms. The van der Waals surface area contributed by atoms with Crippen LogP contribution in [0, 0.1) is 0 Å². The molecule has 32 heavy (non-hydrogen) atoms. The number of alkyl halides is 3. The molecule has 1 amide bonds. The second-order valence-corrected chi connectivity index (χ2v) is 6.93. The van der Waals surface area contributed by atoms with Crippen molar-refractivity contribution in [1.29, 1.82) is 0 Å². The zero-order chi connectivity index (χ0) is 23.5. The smallest absolute Gasteiger partial charge is 0.438 e. The van der Waals surface area contributed by atoms with Crippen molar-refractivity contribution in [3.63, 3.8) is 0 Å². The number of amides is 1. The van der Waals surface area contributed by atoms with E-state index in [1.54, 1.807) is 24.3 Å². The largest absolute Gasteiger partial charge is 0.493 e. The lowest BCUT2D eigenvalue weighted by Crippen LogP contribution is -2.38. The molecule has 1 aromatic heterocycles. The normalized spacial score (nSPS) is 12.4. The number of nitrogens with zero attached hydrogens (tertiary/aromatic N) is 2. The fourth-order valence-corrected chi connectivity index (χ4v) is 3.27. The Balaban J connectivity index is 1.89. The third kappa shape index (κ3) is 4.68. The molecule has 1 N–H and O–H groups in total. The van der Waals surface area contributed by atoms with Crippen LogP contribution < -0.4 is 20.3 Å². The average molecular weight is 449 g/mol. The Bertz CT molecular complexity index is 1190. The maximum atomic E-state index is 13.4. The predicted molar refractivity (Wildman–Crippen MR) is 112 cm³/mol. The van der Waals surface area contributed by atoms with E-state index >= 15 is 0 Å². The van der Waals surface area contributed by atoms with E-state index in [0.29, 0.717) is 23.7 Å². The van der Waals surface area contributed by atoms with Gasteiger partial charge in [0.1, 0.15) is 6.04 Å². The van der Waals surface area contributed by atoms with E-state index in [9.17, 15) is 22.8 Å². The van der Waals surface area contributed by atoms with E-state index in [2.05, 4.69) is 10.3 Å². The molecule has 0 unspecified atom stereocenters. The summed E-state index contributed by atoms with van der Waals surface area (Å²) in [4.78, 5) is 28.8. The molecule has 0 aliphatic carbocycles. The predicted octanol–water partition coefficient (Wildman–Crippen LogP) is 3.70. The fourth-order valence-electron chi connectivity index (χ4n) is 3.27. The number of hydrogen-bond donors (Lipinski definition) is 1. The number of hydrogen-bond acceptors (Lipinski definition) is 5. The van der Waals surface area contributed by atoms with Crippen LogP contribution in [0.25, 0.3) is 11.0 Å². The van der Waals surface area contributed by atoms with Crippen LogP contribution in [0.4, 0.5) is 13.2 Å². The highest BCUT2D eigenvalue weighted by atomic mass is 19.4. The van der Waals surface area contributed by atoms with Crippen LogP contribution in [-0.2, 0) is 17.5 Å². The van der Waals surface area contributed by atoms with Gasteiger partial charge < -0.3 is 14.8 Å². The Labute approximate surface area is 181 Å². The van der Waals surface area contributed by atoms with Gasteiger partial charge in [-0.25, -0.2) is 4.98 Å². The van der Waals surface area contributed by atoms with Gasteiger partial charge in [-0.15, -0.1) is 0 Å². The number of aromatic nitrogens is 2. The van der Waals surface area contributed by atoms with Crippen molar-refractivity contribution in [1.82, 2.24) is 14.9 Å². The average Bonchev–Trinajstić information content (AvgIpc) is 2.76. The van der Waals surface area contributed by atoms with Crippen molar-refractivity contribution >= 4 is 16.9 Å². The SMILES string of the molecule is CCOc1ccc(CNC(=O)[C@H](C)n2c(=O)c(C(F)(F)F)nc3ccccc32)cc1OC. The van der Waals surface area contributed by atoms with E-state index in [1.807, 2.05) is 6.92 Å². The summed E-state index contributed by atoms with van der Waals surface area (Å²) in [5.74, 6) is 0.412. The van der Waals surface area contributed by atoms with E-state index in [-0.39, 0.29) is 17.6 Å². The minimum absolute atomic E-state index is 0.0321. The highest BCUT2D eigenvalue weighted by Gasteiger charge is 2.38. The maximum Gasteiger partial charge on any atom is 0.438 e. The quantitative estimate of drug-likeness (QED) is 0.595. The van der Waals surface area contributed by atoms with Crippen LogP contribution in [0.1, 0.15) is 31.1 Å². The summed E-state index contributed by atoms with van der Waals surface area (Å²) in [6, 6.07) is 9.78. The third-order valence-electron chi connectivity index (χ3n) is 4.82. The fraction of sp³-hybridized carbons (Fsp3) is 0.318. The van der Waals surface area contributed by atoms with Gasteiger partial charge in [-0.2, -0.15) is 13.2 Å². The van der Waals surface area contributed by atoms with Crippen LogP contribution in [0.2, 0.25) is 0 Å². The van der Waals surface area contributed by atoms with Crippen molar-refractivity contribution in [2.24, 2.45) is 0 Å². The Morgan fingerprint density at radius 1 is 1.19 bits per heavy atom. The highest BCUT2D eigenvalue weighted by Crippen LogP contribution is 2.29. The third-order valence-corrected chi connectivity index (χ3v) is 4.82. The molecule has 1 heterocycles. The van der Waals surface area contributed by atoms with Crippen LogP contribution in [-0.4, -0.2) is 29.2 Å². The summed E-state index contributed by atoms with van der Waals surface area (Å²) < 4.78 is 51.6. The molecule has 3 rings (SSSR count). The number of benzene rings is 2. The Morgan fingerprint density at radius 2 is 1.91 bits per heavy atom. The molecule has 170 valence electrons. The minimum Gasteiger partial charge on any atom is -0.493 e. The first-order valence-corrected chi connectivity index (χ1v) is 9.83. The van der Waals surface area contributed by atoms with Crippen molar-refractivity contribution in [3.8, 4) is 11.5 Å². The van der Waals surface area contributed by atoms with Crippen LogP contribution in [0.3, 0.4) is 0 Å². The molecule has 0 saturated heterocycles. The summed E-state index contributed by atoms with van der Waals surface area (Å²) in [5.41, 5.74) is -2.14. The van der Waals surface area contributed by atoms with Gasteiger partial charge in [-0.3, -0.25) is 14.2 Å². The highest BCUT2D eigenvalue weighted by molar-refractivity contribution is 5.83. The van der Waals surface area contributed by atoms with Crippen LogP contribution in [0.5, 0.6) is 11.5 Å². The molecule has 0 fully saturated rings. The number of fused-ring (bicyclic) bond motifs is 1. The number of halogens is 3. The van der Waals surface area contributed by atoms with E-state index in [4.69, 9.17) is 9.47 Å².